The molecule has 8 heteroatoms. The zero-order chi connectivity index (χ0) is 22.1. The van der Waals surface area contributed by atoms with Crippen molar-refractivity contribution in [2.45, 2.75) is 18.9 Å². The van der Waals surface area contributed by atoms with E-state index in [1.807, 2.05) is 30.3 Å². The predicted molar refractivity (Wildman–Crippen MR) is 112 cm³/mol. The molecule has 1 saturated heterocycles. The zero-order valence-electron chi connectivity index (χ0n) is 17.3. The second-order valence-corrected chi connectivity index (χ2v) is 7.38. The summed E-state index contributed by atoms with van der Waals surface area (Å²) in [5.41, 5.74) is -0.0912. The molecule has 0 radical (unpaired) electrons. The number of hydrogen-bond acceptors (Lipinski definition) is 5. The molecule has 30 heavy (non-hydrogen) atoms. The molecule has 0 saturated carbocycles. The summed E-state index contributed by atoms with van der Waals surface area (Å²) in [7, 11) is 4.53. The lowest BCUT2D eigenvalue weighted by Gasteiger charge is -2.45. The normalized spacial score (nSPS) is 20.6. The molecular formula is C22H23N3O5. The summed E-state index contributed by atoms with van der Waals surface area (Å²) in [4.78, 5) is 40.0. The zero-order valence-corrected chi connectivity index (χ0v) is 17.3. The third-order valence-electron chi connectivity index (χ3n) is 5.51. The smallest absolute Gasteiger partial charge is 0.276 e. The highest BCUT2D eigenvalue weighted by molar-refractivity contribution is 6.09. The van der Waals surface area contributed by atoms with Crippen molar-refractivity contribution in [3.8, 4) is 5.75 Å². The molecule has 0 bridgehead atoms. The SMILES string of the molecule is COc1ccc([N+](=O)[O-])c(C=C2C(=O)N(C)C(C)(Cc3ccccc3)C(=O)N2C)c1. The van der Waals surface area contributed by atoms with Crippen LogP contribution in [0, 0.1) is 10.1 Å². The fourth-order valence-electron chi connectivity index (χ4n) is 3.59. The third kappa shape index (κ3) is 3.63. The molecule has 156 valence electrons. The third-order valence-corrected chi connectivity index (χ3v) is 5.51. The van der Waals surface area contributed by atoms with E-state index in [1.165, 1.54) is 48.2 Å². The molecule has 2 aromatic rings. The number of nitro benzene ring substituents is 1. The molecule has 1 unspecified atom stereocenters. The van der Waals surface area contributed by atoms with Crippen LogP contribution in [0.2, 0.25) is 0 Å². The van der Waals surface area contributed by atoms with Crippen molar-refractivity contribution >= 4 is 23.6 Å². The number of hydrogen-bond donors (Lipinski definition) is 0. The summed E-state index contributed by atoms with van der Waals surface area (Å²) in [6.07, 6.45) is 1.71. The Morgan fingerprint density at radius 2 is 1.80 bits per heavy atom. The Balaban J connectivity index is 2.03. The van der Waals surface area contributed by atoms with E-state index in [0.29, 0.717) is 12.2 Å². The van der Waals surface area contributed by atoms with E-state index in [4.69, 9.17) is 4.74 Å². The summed E-state index contributed by atoms with van der Waals surface area (Å²) in [5.74, 6) is -0.259. The number of carbonyl (C=O) groups is 2. The second-order valence-electron chi connectivity index (χ2n) is 7.38. The number of carbonyl (C=O) groups excluding carboxylic acids is 2. The van der Waals surface area contributed by atoms with Crippen molar-refractivity contribution in [2.75, 3.05) is 21.2 Å². The minimum absolute atomic E-state index is 0.0596. The van der Waals surface area contributed by atoms with E-state index < -0.39 is 16.4 Å². The molecule has 3 rings (SSSR count). The topological polar surface area (TPSA) is 93.0 Å². The van der Waals surface area contributed by atoms with Crippen LogP contribution < -0.4 is 4.74 Å². The maximum Gasteiger partial charge on any atom is 0.276 e. The molecule has 0 spiro atoms. The first kappa shape index (κ1) is 21.0. The van der Waals surface area contributed by atoms with Crippen molar-refractivity contribution in [1.29, 1.82) is 0 Å². The Bertz CT molecular complexity index is 1030. The highest BCUT2D eigenvalue weighted by Crippen LogP contribution is 2.33. The largest absolute Gasteiger partial charge is 0.497 e. The van der Waals surface area contributed by atoms with Crippen LogP contribution in [0.25, 0.3) is 6.08 Å². The van der Waals surface area contributed by atoms with Gasteiger partial charge >= 0.3 is 0 Å². The van der Waals surface area contributed by atoms with Crippen LogP contribution in [-0.2, 0) is 16.0 Å². The van der Waals surface area contributed by atoms with Crippen molar-refractivity contribution < 1.29 is 19.2 Å². The Morgan fingerprint density at radius 1 is 1.13 bits per heavy atom. The molecule has 1 heterocycles. The van der Waals surface area contributed by atoms with Gasteiger partial charge in [0.1, 0.15) is 17.0 Å². The maximum absolute atomic E-state index is 13.3. The van der Waals surface area contributed by atoms with Crippen LogP contribution in [-0.4, -0.2) is 53.3 Å². The number of benzene rings is 2. The van der Waals surface area contributed by atoms with E-state index >= 15 is 0 Å². The molecule has 1 aliphatic rings. The fraction of sp³-hybridized carbons (Fsp3) is 0.273. The minimum Gasteiger partial charge on any atom is -0.497 e. The van der Waals surface area contributed by atoms with Gasteiger partial charge in [-0.15, -0.1) is 0 Å². The molecular weight excluding hydrogens is 386 g/mol. The summed E-state index contributed by atoms with van der Waals surface area (Å²) >= 11 is 0. The first-order chi connectivity index (χ1) is 14.2. The van der Waals surface area contributed by atoms with Gasteiger partial charge in [-0.2, -0.15) is 0 Å². The molecule has 2 amide bonds. The van der Waals surface area contributed by atoms with Crippen molar-refractivity contribution in [3.05, 3.63) is 75.5 Å². The predicted octanol–water partition coefficient (Wildman–Crippen LogP) is 2.88. The average Bonchev–Trinajstić information content (AvgIpc) is 2.74. The number of nitrogens with zero attached hydrogens (tertiary/aromatic N) is 3. The number of amides is 2. The number of rotatable bonds is 5. The van der Waals surface area contributed by atoms with Gasteiger partial charge < -0.3 is 14.5 Å². The van der Waals surface area contributed by atoms with Gasteiger partial charge in [0.15, 0.2) is 0 Å². The Kier molecular flexibility index (Phi) is 5.60. The number of likely N-dealkylation sites (N-methyl/N-ethyl adjacent to an activating group) is 2. The van der Waals surface area contributed by atoms with Gasteiger partial charge in [0.25, 0.3) is 17.5 Å². The van der Waals surface area contributed by atoms with Crippen LogP contribution in [0.5, 0.6) is 5.75 Å². The van der Waals surface area contributed by atoms with Crippen LogP contribution in [0.1, 0.15) is 18.1 Å². The second kappa shape index (κ2) is 7.98. The highest BCUT2D eigenvalue weighted by Gasteiger charge is 2.48. The van der Waals surface area contributed by atoms with Gasteiger partial charge in [0, 0.05) is 26.6 Å². The number of piperazine rings is 1. The summed E-state index contributed by atoms with van der Waals surface area (Å²) in [5, 5.41) is 11.4. The van der Waals surface area contributed by atoms with Crippen molar-refractivity contribution in [3.63, 3.8) is 0 Å². The lowest BCUT2D eigenvalue weighted by molar-refractivity contribution is -0.385. The van der Waals surface area contributed by atoms with E-state index in [0.717, 1.165) is 5.56 Å². The number of nitro groups is 1. The summed E-state index contributed by atoms with van der Waals surface area (Å²) in [6.45, 7) is 1.72. The molecule has 2 aromatic carbocycles. The Hall–Kier alpha value is -3.68. The summed E-state index contributed by atoms with van der Waals surface area (Å²) < 4.78 is 5.15. The molecule has 1 atom stereocenters. The Labute approximate surface area is 174 Å². The van der Waals surface area contributed by atoms with Gasteiger partial charge in [-0.3, -0.25) is 19.7 Å². The molecule has 1 aliphatic heterocycles. The van der Waals surface area contributed by atoms with Crippen LogP contribution in [0.3, 0.4) is 0 Å². The monoisotopic (exact) mass is 409 g/mol. The van der Waals surface area contributed by atoms with Crippen LogP contribution in [0.15, 0.2) is 54.2 Å². The Morgan fingerprint density at radius 3 is 2.40 bits per heavy atom. The van der Waals surface area contributed by atoms with E-state index in [2.05, 4.69) is 0 Å². The quantitative estimate of drug-likeness (QED) is 0.430. The standard InChI is InChI=1S/C22H23N3O5/c1-22(14-15-8-6-5-7-9-15)21(27)23(2)19(20(26)24(22)3)13-16-12-17(30-4)10-11-18(16)25(28)29/h5-13H,14H2,1-4H3. The van der Waals surface area contributed by atoms with E-state index in [9.17, 15) is 19.7 Å². The van der Waals surface area contributed by atoms with Gasteiger partial charge in [0.2, 0.25) is 0 Å². The van der Waals surface area contributed by atoms with Crippen LogP contribution in [0.4, 0.5) is 5.69 Å². The van der Waals surface area contributed by atoms with Crippen molar-refractivity contribution in [1.82, 2.24) is 9.80 Å². The lowest BCUT2D eigenvalue weighted by atomic mass is 9.87. The first-order valence-corrected chi connectivity index (χ1v) is 9.33. The van der Waals surface area contributed by atoms with Crippen molar-refractivity contribution in [2.24, 2.45) is 0 Å². The summed E-state index contributed by atoms with van der Waals surface area (Å²) in [6, 6.07) is 13.7. The minimum atomic E-state index is -1.08. The number of ether oxygens (including phenoxy) is 1. The van der Waals surface area contributed by atoms with Gasteiger partial charge in [-0.05, 0) is 30.7 Å². The first-order valence-electron chi connectivity index (χ1n) is 9.33. The molecule has 0 aliphatic carbocycles. The fourth-order valence-corrected chi connectivity index (χ4v) is 3.59. The van der Waals surface area contributed by atoms with Gasteiger partial charge in [-0.1, -0.05) is 30.3 Å². The molecule has 0 aromatic heterocycles. The van der Waals surface area contributed by atoms with E-state index in [-0.39, 0.29) is 22.9 Å². The molecule has 8 nitrogen and oxygen atoms in total. The van der Waals surface area contributed by atoms with Gasteiger partial charge in [0.05, 0.1) is 17.6 Å². The molecule has 1 fully saturated rings. The average molecular weight is 409 g/mol. The molecule has 0 N–H and O–H groups in total. The van der Waals surface area contributed by atoms with Gasteiger partial charge in [-0.25, -0.2) is 0 Å². The lowest BCUT2D eigenvalue weighted by Crippen LogP contribution is -2.64. The highest BCUT2D eigenvalue weighted by atomic mass is 16.6. The van der Waals surface area contributed by atoms with E-state index in [1.54, 1.807) is 14.0 Å². The number of methoxy groups -OCH3 is 1. The van der Waals surface area contributed by atoms with Crippen LogP contribution >= 0.6 is 0 Å². The maximum atomic E-state index is 13.3.